The lowest BCUT2D eigenvalue weighted by molar-refractivity contribution is -0.138. The Morgan fingerprint density at radius 3 is 2.74 bits per heavy atom. The van der Waals surface area contributed by atoms with E-state index >= 15 is 0 Å². The molecule has 0 atom stereocenters. The van der Waals surface area contributed by atoms with Crippen LogP contribution in [0.2, 0.25) is 0 Å². The van der Waals surface area contributed by atoms with Crippen molar-refractivity contribution in [2.24, 2.45) is 5.92 Å². The lowest BCUT2D eigenvalue weighted by atomic mass is 9.93. The molecule has 1 fully saturated rings. The molecule has 0 spiro atoms. The number of aryl methyl sites for hydroxylation is 2. The van der Waals surface area contributed by atoms with Gasteiger partial charge in [-0.15, -0.1) is 0 Å². The normalized spacial score (nSPS) is 17.0. The molecular weight excluding hydrogens is 313 g/mol. The molecule has 0 aromatic carbocycles. The standard InChI is InChI=1S/C15H13F3N2O3/c16-15(17,18)11-10-9(23-13(11)14(21)22)4-3-8-6-20(19-12(8)10)5-7-1-2-7/h6-7H,1-5H2,(H,21,22). The van der Waals surface area contributed by atoms with Crippen LogP contribution < -0.4 is 0 Å². The Labute approximate surface area is 128 Å². The molecule has 2 aromatic rings. The molecule has 0 amide bonds. The van der Waals surface area contributed by atoms with Crippen LogP contribution in [0.25, 0.3) is 11.3 Å². The van der Waals surface area contributed by atoms with Gasteiger partial charge in [-0.3, -0.25) is 4.68 Å². The van der Waals surface area contributed by atoms with Crippen LogP contribution in [-0.4, -0.2) is 20.9 Å². The number of aromatic nitrogens is 2. The van der Waals surface area contributed by atoms with Crippen LogP contribution in [0, 0.1) is 5.92 Å². The van der Waals surface area contributed by atoms with Gasteiger partial charge < -0.3 is 9.52 Å². The zero-order chi connectivity index (χ0) is 16.4. The van der Waals surface area contributed by atoms with Crippen molar-refractivity contribution in [1.82, 2.24) is 9.78 Å². The summed E-state index contributed by atoms with van der Waals surface area (Å²) in [4.78, 5) is 11.1. The summed E-state index contributed by atoms with van der Waals surface area (Å²) >= 11 is 0. The fourth-order valence-electron chi connectivity index (χ4n) is 3.09. The zero-order valence-electron chi connectivity index (χ0n) is 12.0. The number of fused-ring (bicyclic) bond motifs is 3. The number of halogens is 3. The highest BCUT2D eigenvalue weighted by atomic mass is 19.4. The first-order chi connectivity index (χ1) is 10.8. The average Bonchev–Trinajstić information content (AvgIpc) is 3.00. The molecule has 0 unspecified atom stereocenters. The smallest absolute Gasteiger partial charge is 0.421 e. The van der Waals surface area contributed by atoms with Gasteiger partial charge in [-0.1, -0.05) is 0 Å². The van der Waals surface area contributed by atoms with Gasteiger partial charge >= 0.3 is 12.1 Å². The van der Waals surface area contributed by atoms with E-state index in [0.29, 0.717) is 24.4 Å². The average molecular weight is 326 g/mol. The molecule has 2 heterocycles. The highest BCUT2D eigenvalue weighted by Crippen LogP contribution is 2.46. The Hall–Kier alpha value is -2.25. The lowest BCUT2D eigenvalue weighted by Gasteiger charge is -2.12. The third kappa shape index (κ3) is 2.32. The van der Waals surface area contributed by atoms with Crippen molar-refractivity contribution < 1.29 is 27.5 Å². The van der Waals surface area contributed by atoms with Crippen LogP contribution in [-0.2, 0) is 25.6 Å². The summed E-state index contributed by atoms with van der Waals surface area (Å²) in [6.45, 7) is 0.688. The first-order valence-electron chi connectivity index (χ1n) is 7.37. The summed E-state index contributed by atoms with van der Waals surface area (Å²) in [6.07, 6.45) is -0.0779. The van der Waals surface area contributed by atoms with Crippen molar-refractivity contribution in [3.05, 3.63) is 28.8 Å². The van der Waals surface area contributed by atoms with E-state index in [2.05, 4.69) is 5.10 Å². The van der Waals surface area contributed by atoms with Crippen molar-refractivity contribution in [3.63, 3.8) is 0 Å². The number of carbonyl (C=O) groups is 1. The summed E-state index contributed by atoms with van der Waals surface area (Å²) in [5, 5.41) is 13.3. The molecule has 0 radical (unpaired) electrons. The Balaban J connectivity index is 1.88. The molecule has 1 saturated carbocycles. The van der Waals surface area contributed by atoms with Crippen LogP contribution >= 0.6 is 0 Å². The van der Waals surface area contributed by atoms with E-state index in [1.165, 1.54) is 0 Å². The molecule has 122 valence electrons. The molecule has 5 nitrogen and oxygen atoms in total. The number of hydrogen-bond donors (Lipinski definition) is 1. The number of hydrogen-bond acceptors (Lipinski definition) is 3. The molecule has 0 bridgehead atoms. The summed E-state index contributed by atoms with van der Waals surface area (Å²) in [7, 11) is 0. The fourth-order valence-corrected chi connectivity index (χ4v) is 3.09. The highest BCUT2D eigenvalue weighted by molar-refractivity contribution is 5.90. The molecule has 8 heteroatoms. The summed E-state index contributed by atoms with van der Waals surface area (Å²) in [6, 6.07) is 0. The van der Waals surface area contributed by atoms with Crippen molar-refractivity contribution >= 4 is 5.97 Å². The van der Waals surface area contributed by atoms with Gasteiger partial charge in [0, 0.05) is 19.2 Å². The van der Waals surface area contributed by atoms with E-state index in [4.69, 9.17) is 9.52 Å². The number of nitrogens with zero attached hydrogens (tertiary/aromatic N) is 2. The number of aromatic carboxylic acids is 1. The number of carboxylic acids is 1. The molecule has 4 rings (SSSR count). The van der Waals surface area contributed by atoms with Gasteiger partial charge in [-0.05, 0) is 30.7 Å². The molecule has 2 aliphatic rings. The largest absolute Gasteiger partial charge is 0.475 e. The molecule has 2 aliphatic carbocycles. The first kappa shape index (κ1) is 14.3. The predicted octanol–water partition coefficient (Wildman–Crippen LogP) is 3.37. The molecule has 23 heavy (non-hydrogen) atoms. The maximum atomic E-state index is 13.4. The molecule has 1 N–H and O–H groups in total. The van der Waals surface area contributed by atoms with Gasteiger partial charge in [0.05, 0.1) is 11.3 Å². The SMILES string of the molecule is O=C(O)c1oc2c(c1C(F)(F)F)-c1nn(CC3CC3)cc1CC2. The third-order valence-corrected chi connectivity index (χ3v) is 4.30. The molecule has 2 aromatic heterocycles. The number of furan rings is 1. The zero-order valence-corrected chi connectivity index (χ0v) is 12.0. The third-order valence-electron chi connectivity index (χ3n) is 4.30. The maximum absolute atomic E-state index is 13.4. The van der Waals surface area contributed by atoms with Gasteiger partial charge in [0.25, 0.3) is 0 Å². The van der Waals surface area contributed by atoms with Crippen LogP contribution in [0.3, 0.4) is 0 Å². The maximum Gasteiger partial charge on any atom is 0.421 e. The van der Waals surface area contributed by atoms with Crippen LogP contribution in [0.4, 0.5) is 13.2 Å². The monoisotopic (exact) mass is 326 g/mol. The quantitative estimate of drug-likeness (QED) is 0.939. The minimum absolute atomic E-state index is 0.0545. The van der Waals surface area contributed by atoms with E-state index in [9.17, 15) is 18.0 Å². The molecular formula is C15H13F3N2O3. The minimum Gasteiger partial charge on any atom is -0.475 e. The van der Waals surface area contributed by atoms with Gasteiger partial charge in [0.15, 0.2) is 0 Å². The predicted molar refractivity (Wildman–Crippen MR) is 72.0 cm³/mol. The second kappa shape index (κ2) is 4.62. The van der Waals surface area contributed by atoms with E-state index in [0.717, 1.165) is 12.8 Å². The first-order valence-corrected chi connectivity index (χ1v) is 7.37. The Bertz CT molecular complexity index is 800. The summed E-state index contributed by atoms with van der Waals surface area (Å²) in [5.41, 5.74) is -0.514. The molecule has 0 aliphatic heterocycles. The van der Waals surface area contributed by atoms with E-state index in [-0.39, 0.29) is 23.4 Å². The van der Waals surface area contributed by atoms with Crippen molar-refractivity contribution in [1.29, 1.82) is 0 Å². The minimum atomic E-state index is -4.81. The van der Waals surface area contributed by atoms with Gasteiger partial charge in [0.2, 0.25) is 5.76 Å². The van der Waals surface area contributed by atoms with Crippen molar-refractivity contribution in [3.8, 4) is 11.3 Å². The second-order valence-electron chi connectivity index (χ2n) is 6.08. The second-order valence-corrected chi connectivity index (χ2v) is 6.08. The Morgan fingerprint density at radius 2 is 2.13 bits per heavy atom. The van der Waals surface area contributed by atoms with Gasteiger partial charge in [0.1, 0.15) is 11.3 Å². The van der Waals surface area contributed by atoms with Gasteiger partial charge in [-0.2, -0.15) is 18.3 Å². The van der Waals surface area contributed by atoms with Crippen molar-refractivity contribution in [2.45, 2.75) is 38.4 Å². The topological polar surface area (TPSA) is 68.3 Å². The summed E-state index contributed by atoms with van der Waals surface area (Å²) < 4.78 is 46.9. The fraction of sp³-hybridized carbons (Fsp3) is 0.467. The number of alkyl halides is 3. The van der Waals surface area contributed by atoms with E-state index < -0.39 is 23.5 Å². The lowest BCUT2D eigenvalue weighted by Crippen LogP contribution is -2.13. The van der Waals surface area contributed by atoms with Crippen LogP contribution in [0.5, 0.6) is 0 Å². The number of rotatable bonds is 3. The van der Waals surface area contributed by atoms with Crippen LogP contribution in [0.15, 0.2) is 10.6 Å². The van der Waals surface area contributed by atoms with E-state index in [1.807, 2.05) is 0 Å². The summed E-state index contributed by atoms with van der Waals surface area (Å²) in [5.74, 6) is -2.17. The number of carboxylic acid groups (broad SMARTS) is 1. The Morgan fingerprint density at radius 1 is 1.39 bits per heavy atom. The van der Waals surface area contributed by atoms with Gasteiger partial charge in [-0.25, -0.2) is 4.79 Å². The van der Waals surface area contributed by atoms with Crippen molar-refractivity contribution in [2.75, 3.05) is 0 Å². The highest BCUT2D eigenvalue weighted by Gasteiger charge is 2.45. The Kier molecular flexibility index (Phi) is 2.88. The molecule has 0 saturated heterocycles. The van der Waals surface area contributed by atoms with E-state index in [1.54, 1.807) is 10.9 Å². The van der Waals surface area contributed by atoms with Crippen LogP contribution in [0.1, 0.15) is 40.3 Å².